The molecular weight excluding hydrogens is 416 g/mol. The van der Waals surface area contributed by atoms with E-state index >= 15 is 0 Å². The fourth-order valence-electron chi connectivity index (χ4n) is 3.93. The van der Waals surface area contributed by atoms with E-state index in [1.165, 1.54) is 7.11 Å². The number of rotatable bonds is 7. The lowest BCUT2D eigenvalue weighted by atomic mass is 10.0. The number of benzene rings is 3. The van der Waals surface area contributed by atoms with Crippen LogP contribution in [0, 0.1) is 0 Å². The molecule has 0 bridgehead atoms. The number of carbonyl (C=O) groups is 2. The summed E-state index contributed by atoms with van der Waals surface area (Å²) >= 11 is 0. The van der Waals surface area contributed by atoms with E-state index in [1.807, 2.05) is 73.8 Å². The summed E-state index contributed by atoms with van der Waals surface area (Å²) in [6, 6.07) is 22.5. The molecule has 0 saturated heterocycles. The van der Waals surface area contributed by atoms with Gasteiger partial charge in [0.25, 0.3) is 5.91 Å². The Labute approximate surface area is 192 Å². The highest BCUT2D eigenvalue weighted by Crippen LogP contribution is 2.24. The molecule has 3 aromatic carbocycles. The highest BCUT2D eigenvalue weighted by Gasteiger charge is 2.17. The lowest BCUT2D eigenvalue weighted by Gasteiger charge is -2.16. The van der Waals surface area contributed by atoms with Crippen LogP contribution in [-0.4, -0.2) is 30.7 Å². The lowest BCUT2D eigenvalue weighted by molar-refractivity contribution is 0.0600. The van der Waals surface area contributed by atoms with Crippen molar-refractivity contribution in [3.63, 3.8) is 0 Å². The zero-order chi connectivity index (χ0) is 23.4. The molecule has 4 rings (SSSR count). The van der Waals surface area contributed by atoms with E-state index in [9.17, 15) is 9.59 Å². The number of nitrogens with one attached hydrogen (secondary N) is 1. The van der Waals surface area contributed by atoms with Crippen LogP contribution >= 0.6 is 0 Å². The van der Waals surface area contributed by atoms with Gasteiger partial charge in [-0.2, -0.15) is 0 Å². The summed E-state index contributed by atoms with van der Waals surface area (Å²) in [7, 11) is 3.00. The van der Waals surface area contributed by atoms with E-state index in [0.717, 1.165) is 27.8 Å². The number of nitrogens with zero attached hydrogens (tertiary/aromatic N) is 1. The monoisotopic (exact) mass is 442 g/mol. The Kier molecular flexibility index (Phi) is 6.45. The Balaban J connectivity index is 1.58. The molecule has 1 amide bonds. The predicted molar refractivity (Wildman–Crippen MR) is 128 cm³/mol. The van der Waals surface area contributed by atoms with Crippen LogP contribution in [0.15, 0.2) is 79.0 Å². The van der Waals surface area contributed by atoms with Gasteiger partial charge in [-0.1, -0.05) is 36.4 Å². The molecule has 0 unspecified atom stereocenters. The quantitative estimate of drug-likeness (QED) is 0.410. The van der Waals surface area contributed by atoms with Gasteiger partial charge in [-0.3, -0.25) is 4.79 Å². The summed E-state index contributed by atoms with van der Waals surface area (Å²) in [5, 5.41) is 4.08. The zero-order valence-corrected chi connectivity index (χ0v) is 18.9. The molecule has 33 heavy (non-hydrogen) atoms. The summed E-state index contributed by atoms with van der Waals surface area (Å²) in [6.45, 7) is 2.54. The minimum atomic E-state index is -0.387. The van der Waals surface area contributed by atoms with Crippen LogP contribution in [-0.2, 0) is 11.3 Å². The van der Waals surface area contributed by atoms with Gasteiger partial charge in [0.05, 0.1) is 36.9 Å². The normalized spacial score (nSPS) is 11.7. The molecule has 4 aromatic rings. The molecule has 0 aliphatic carbocycles. The Morgan fingerprint density at radius 2 is 1.73 bits per heavy atom. The van der Waals surface area contributed by atoms with Crippen LogP contribution in [0.25, 0.3) is 10.9 Å². The van der Waals surface area contributed by atoms with E-state index in [2.05, 4.69) is 9.88 Å². The third kappa shape index (κ3) is 4.75. The molecule has 1 N–H and O–H groups in total. The van der Waals surface area contributed by atoms with Crippen molar-refractivity contribution in [2.45, 2.75) is 19.5 Å². The first-order valence-electron chi connectivity index (χ1n) is 10.7. The second-order valence-corrected chi connectivity index (χ2v) is 7.85. The molecule has 1 heterocycles. The predicted octanol–water partition coefficient (Wildman–Crippen LogP) is 4.98. The first-order chi connectivity index (χ1) is 16.0. The van der Waals surface area contributed by atoms with Crippen LogP contribution in [0.1, 0.15) is 44.8 Å². The smallest absolute Gasteiger partial charge is 0.337 e. The van der Waals surface area contributed by atoms with Crippen LogP contribution in [0.3, 0.4) is 0 Å². The summed E-state index contributed by atoms with van der Waals surface area (Å²) in [5.41, 5.74) is 3.94. The maximum absolute atomic E-state index is 13.2. The SMILES string of the molecule is COC(=O)c1ccc([C@H](C)NC(=O)c2cccc3ccn(Cc4cccc(OC)c4)c23)cc1. The van der Waals surface area contributed by atoms with Gasteiger partial charge in [0, 0.05) is 18.1 Å². The Hall–Kier alpha value is -4.06. The standard InChI is InChI=1S/C27H26N2O4/c1-18(20-10-12-22(13-11-20)27(31)33-3)28-26(30)24-9-5-7-21-14-15-29(25(21)24)17-19-6-4-8-23(16-19)32-2/h4-16,18H,17H2,1-3H3,(H,28,30)/t18-/m0/s1. The van der Waals surface area contributed by atoms with E-state index < -0.39 is 0 Å². The van der Waals surface area contributed by atoms with Gasteiger partial charge >= 0.3 is 5.97 Å². The molecule has 0 saturated carbocycles. The number of methoxy groups -OCH3 is 2. The molecule has 0 fully saturated rings. The van der Waals surface area contributed by atoms with Crippen molar-refractivity contribution in [3.8, 4) is 5.75 Å². The van der Waals surface area contributed by atoms with Gasteiger partial charge in [0.1, 0.15) is 5.75 Å². The molecule has 6 nitrogen and oxygen atoms in total. The fraction of sp³-hybridized carbons (Fsp3) is 0.185. The first kappa shape index (κ1) is 22.1. The van der Waals surface area contributed by atoms with E-state index in [0.29, 0.717) is 17.7 Å². The number of carbonyl (C=O) groups excluding carboxylic acids is 2. The van der Waals surface area contributed by atoms with Crippen molar-refractivity contribution in [2.75, 3.05) is 14.2 Å². The largest absolute Gasteiger partial charge is 0.497 e. The Morgan fingerprint density at radius 1 is 0.970 bits per heavy atom. The number of ether oxygens (including phenoxy) is 2. The number of aromatic nitrogens is 1. The van der Waals surface area contributed by atoms with Gasteiger partial charge < -0.3 is 19.4 Å². The zero-order valence-electron chi connectivity index (χ0n) is 18.9. The number of para-hydroxylation sites is 1. The fourth-order valence-corrected chi connectivity index (χ4v) is 3.93. The number of esters is 1. The maximum Gasteiger partial charge on any atom is 0.337 e. The van der Waals surface area contributed by atoms with Crippen LogP contribution in [0.2, 0.25) is 0 Å². The number of hydrogen-bond acceptors (Lipinski definition) is 4. The highest BCUT2D eigenvalue weighted by molar-refractivity contribution is 6.06. The van der Waals surface area contributed by atoms with Crippen molar-refractivity contribution in [2.24, 2.45) is 0 Å². The molecule has 0 aliphatic rings. The van der Waals surface area contributed by atoms with Gasteiger partial charge in [-0.25, -0.2) is 4.79 Å². The minimum absolute atomic E-state index is 0.157. The van der Waals surface area contributed by atoms with Crippen molar-refractivity contribution >= 4 is 22.8 Å². The van der Waals surface area contributed by atoms with Gasteiger partial charge in [0.15, 0.2) is 0 Å². The Bertz CT molecular complexity index is 1290. The Morgan fingerprint density at radius 3 is 2.45 bits per heavy atom. The molecular formula is C27H26N2O4. The average Bonchev–Trinajstić information content (AvgIpc) is 3.26. The van der Waals surface area contributed by atoms with E-state index in [1.54, 1.807) is 19.2 Å². The third-order valence-electron chi connectivity index (χ3n) is 5.70. The average molecular weight is 443 g/mol. The van der Waals surface area contributed by atoms with Crippen molar-refractivity contribution < 1.29 is 19.1 Å². The molecule has 0 spiro atoms. The van der Waals surface area contributed by atoms with Gasteiger partial charge in [-0.15, -0.1) is 0 Å². The van der Waals surface area contributed by atoms with Crippen molar-refractivity contribution in [1.82, 2.24) is 9.88 Å². The summed E-state index contributed by atoms with van der Waals surface area (Å²) in [5.74, 6) is 0.256. The number of fused-ring (bicyclic) bond motifs is 1. The molecule has 1 aromatic heterocycles. The summed E-state index contributed by atoms with van der Waals surface area (Å²) in [6.07, 6.45) is 2.00. The van der Waals surface area contributed by atoms with Crippen LogP contribution in [0.4, 0.5) is 0 Å². The molecule has 6 heteroatoms. The van der Waals surface area contributed by atoms with Crippen LogP contribution < -0.4 is 10.1 Å². The molecule has 1 atom stereocenters. The summed E-state index contributed by atoms with van der Waals surface area (Å²) in [4.78, 5) is 24.9. The number of amides is 1. The van der Waals surface area contributed by atoms with Crippen LogP contribution in [0.5, 0.6) is 5.75 Å². The highest BCUT2D eigenvalue weighted by atomic mass is 16.5. The minimum Gasteiger partial charge on any atom is -0.497 e. The number of hydrogen-bond donors (Lipinski definition) is 1. The second kappa shape index (κ2) is 9.61. The maximum atomic E-state index is 13.2. The molecule has 0 aliphatic heterocycles. The summed E-state index contributed by atoms with van der Waals surface area (Å²) < 4.78 is 12.2. The third-order valence-corrected chi connectivity index (χ3v) is 5.70. The van der Waals surface area contributed by atoms with E-state index in [-0.39, 0.29) is 17.9 Å². The second-order valence-electron chi connectivity index (χ2n) is 7.85. The molecule has 168 valence electrons. The van der Waals surface area contributed by atoms with E-state index in [4.69, 9.17) is 9.47 Å². The van der Waals surface area contributed by atoms with Gasteiger partial charge in [-0.05, 0) is 54.4 Å². The van der Waals surface area contributed by atoms with Crippen molar-refractivity contribution in [3.05, 3.63) is 101 Å². The van der Waals surface area contributed by atoms with Crippen molar-refractivity contribution in [1.29, 1.82) is 0 Å². The molecule has 0 radical (unpaired) electrons. The lowest BCUT2D eigenvalue weighted by Crippen LogP contribution is -2.27. The first-order valence-corrected chi connectivity index (χ1v) is 10.7. The topological polar surface area (TPSA) is 69.6 Å². The van der Waals surface area contributed by atoms with Gasteiger partial charge in [0.2, 0.25) is 0 Å².